The average molecular weight is 493 g/mol. The molecule has 3 atom stereocenters. The van der Waals surface area contributed by atoms with Crippen LogP contribution in [-0.2, 0) is 29.1 Å². The number of hydrogen-bond acceptors (Lipinski definition) is 7. The van der Waals surface area contributed by atoms with Gasteiger partial charge in [-0.3, -0.25) is 19.4 Å². The number of pyridine rings is 1. The Labute approximate surface area is 200 Å². The van der Waals surface area contributed by atoms with Gasteiger partial charge in [0.15, 0.2) is 5.78 Å². The van der Waals surface area contributed by atoms with Crippen molar-refractivity contribution in [3.63, 3.8) is 0 Å². The average Bonchev–Trinajstić information content (AvgIpc) is 3.40. The summed E-state index contributed by atoms with van der Waals surface area (Å²) in [5, 5.41) is 0. The maximum atomic E-state index is 13.6. The van der Waals surface area contributed by atoms with Gasteiger partial charge < -0.3 is 14.5 Å². The Hall–Kier alpha value is -2.37. The lowest BCUT2D eigenvalue weighted by atomic mass is 9.91. The summed E-state index contributed by atoms with van der Waals surface area (Å²) in [5.74, 6) is -0.975. The minimum Gasteiger partial charge on any atom is -0.378 e. The standard InChI is InChI=1S/C23H32N4O6S/c1-16(2)12-17(13-21(29)25-8-10-33-11-9-25)23(30)26-7-5-19-22(26)20(28)15-27(19)34(31,32)18-4-3-6-24-14-18/h3-4,6,14,16-17,19,22H,5,7-13,15H2,1-2H3. The third-order valence-electron chi connectivity index (χ3n) is 6.79. The highest BCUT2D eigenvalue weighted by Gasteiger charge is 2.54. The van der Waals surface area contributed by atoms with E-state index in [1.807, 2.05) is 13.8 Å². The maximum absolute atomic E-state index is 13.6. The number of rotatable bonds is 7. The summed E-state index contributed by atoms with van der Waals surface area (Å²) in [6.45, 7) is 6.01. The van der Waals surface area contributed by atoms with Crippen molar-refractivity contribution in [3.8, 4) is 0 Å². The first-order chi connectivity index (χ1) is 16.2. The molecule has 4 heterocycles. The monoisotopic (exact) mass is 492 g/mol. The molecule has 34 heavy (non-hydrogen) atoms. The van der Waals surface area contributed by atoms with Gasteiger partial charge in [-0.1, -0.05) is 13.8 Å². The Morgan fingerprint density at radius 1 is 1.21 bits per heavy atom. The van der Waals surface area contributed by atoms with Crippen molar-refractivity contribution in [1.29, 1.82) is 0 Å². The molecule has 0 spiro atoms. The second kappa shape index (κ2) is 10.1. The number of hydrogen-bond donors (Lipinski definition) is 0. The van der Waals surface area contributed by atoms with Crippen molar-refractivity contribution in [3.05, 3.63) is 24.5 Å². The van der Waals surface area contributed by atoms with E-state index >= 15 is 0 Å². The maximum Gasteiger partial charge on any atom is 0.245 e. The van der Waals surface area contributed by atoms with E-state index in [4.69, 9.17) is 4.74 Å². The Kier molecular flexibility index (Phi) is 7.34. The van der Waals surface area contributed by atoms with Crippen LogP contribution in [0.3, 0.4) is 0 Å². The minimum absolute atomic E-state index is 0.0296. The predicted octanol–water partition coefficient (Wildman–Crippen LogP) is 0.536. The molecule has 10 nitrogen and oxygen atoms in total. The van der Waals surface area contributed by atoms with Crippen molar-refractivity contribution in [2.45, 2.75) is 50.1 Å². The molecule has 0 saturated carbocycles. The van der Waals surface area contributed by atoms with Crippen LogP contribution in [0, 0.1) is 11.8 Å². The van der Waals surface area contributed by atoms with Crippen LogP contribution in [0.25, 0.3) is 0 Å². The molecule has 0 radical (unpaired) electrons. The summed E-state index contributed by atoms with van der Waals surface area (Å²) in [5.41, 5.74) is 0. The van der Waals surface area contributed by atoms with Gasteiger partial charge in [0.1, 0.15) is 10.9 Å². The highest BCUT2D eigenvalue weighted by Crippen LogP contribution is 2.35. The molecule has 0 bridgehead atoms. The summed E-state index contributed by atoms with van der Waals surface area (Å²) in [4.78, 5) is 46.6. The van der Waals surface area contributed by atoms with Crippen LogP contribution in [-0.4, -0.2) is 96.6 Å². The second-order valence-corrected chi connectivity index (χ2v) is 11.5. The van der Waals surface area contributed by atoms with Gasteiger partial charge in [0.05, 0.1) is 25.8 Å². The summed E-state index contributed by atoms with van der Waals surface area (Å²) < 4.78 is 32.9. The van der Waals surface area contributed by atoms with E-state index in [2.05, 4.69) is 4.98 Å². The van der Waals surface area contributed by atoms with Gasteiger partial charge in [-0.2, -0.15) is 4.31 Å². The van der Waals surface area contributed by atoms with Gasteiger partial charge in [-0.25, -0.2) is 8.42 Å². The van der Waals surface area contributed by atoms with E-state index in [0.29, 0.717) is 45.7 Å². The van der Waals surface area contributed by atoms with E-state index in [-0.39, 0.29) is 41.4 Å². The van der Waals surface area contributed by atoms with Crippen molar-refractivity contribution in [2.24, 2.45) is 11.8 Å². The van der Waals surface area contributed by atoms with Crippen LogP contribution >= 0.6 is 0 Å². The van der Waals surface area contributed by atoms with Crippen LogP contribution in [0.5, 0.6) is 0 Å². The van der Waals surface area contributed by atoms with Gasteiger partial charge >= 0.3 is 0 Å². The van der Waals surface area contributed by atoms with Crippen molar-refractivity contribution in [1.82, 2.24) is 19.1 Å². The predicted molar refractivity (Wildman–Crippen MR) is 122 cm³/mol. The first-order valence-electron chi connectivity index (χ1n) is 11.8. The fraction of sp³-hybridized carbons (Fsp3) is 0.652. The number of carbonyl (C=O) groups is 3. The number of aromatic nitrogens is 1. The number of Topliss-reactive ketones (excluding diaryl/α,β-unsaturated/α-hetero) is 1. The lowest BCUT2D eigenvalue weighted by Crippen LogP contribution is -2.47. The molecule has 3 aliphatic heterocycles. The quantitative estimate of drug-likeness (QED) is 0.545. The first-order valence-corrected chi connectivity index (χ1v) is 13.2. The van der Waals surface area contributed by atoms with Gasteiger partial charge in [-0.05, 0) is 30.9 Å². The van der Waals surface area contributed by atoms with Crippen molar-refractivity contribution in [2.75, 3.05) is 39.4 Å². The van der Waals surface area contributed by atoms with Crippen LogP contribution in [0.1, 0.15) is 33.1 Å². The van der Waals surface area contributed by atoms with Crippen LogP contribution in [0.4, 0.5) is 0 Å². The minimum atomic E-state index is -3.91. The molecule has 2 amide bonds. The zero-order valence-corrected chi connectivity index (χ0v) is 20.4. The zero-order valence-electron chi connectivity index (χ0n) is 19.6. The molecule has 3 fully saturated rings. The lowest BCUT2D eigenvalue weighted by Gasteiger charge is -2.31. The number of carbonyl (C=O) groups excluding carboxylic acids is 3. The molecule has 1 aromatic heterocycles. The molecule has 0 aromatic carbocycles. The Morgan fingerprint density at radius 3 is 2.59 bits per heavy atom. The molecule has 4 rings (SSSR count). The van der Waals surface area contributed by atoms with E-state index < -0.39 is 28.0 Å². The third kappa shape index (κ3) is 4.87. The largest absolute Gasteiger partial charge is 0.378 e. The molecule has 3 aliphatic rings. The van der Waals surface area contributed by atoms with Crippen molar-refractivity contribution >= 4 is 27.6 Å². The van der Waals surface area contributed by atoms with Crippen LogP contribution in [0.2, 0.25) is 0 Å². The number of nitrogens with zero attached hydrogens (tertiary/aromatic N) is 4. The van der Waals surface area contributed by atoms with Crippen LogP contribution in [0.15, 0.2) is 29.4 Å². The van der Waals surface area contributed by atoms with Gasteiger partial charge in [-0.15, -0.1) is 0 Å². The first kappa shape index (κ1) is 24.7. The topological polar surface area (TPSA) is 117 Å². The summed E-state index contributed by atoms with van der Waals surface area (Å²) in [7, 11) is -3.91. The van der Waals surface area contributed by atoms with Gasteiger partial charge in [0.2, 0.25) is 21.8 Å². The molecule has 11 heteroatoms. The lowest BCUT2D eigenvalue weighted by molar-refractivity contribution is -0.145. The molecular weight excluding hydrogens is 460 g/mol. The van der Waals surface area contributed by atoms with E-state index in [0.717, 1.165) is 0 Å². The number of ether oxygens (including phenoxy) is 1. The highest BCUT2D eigenvalue weighted by molar-refractivity contribution is 7.89. The summed E-state index contributed by atoms with van der Waals surface area (Å²) >= 11 is 0. The molecule has 3 saturated heterocycles. The van der Waals surface area contributed by atoms with Crippen molar-refractivity contribution < 1.29 is 27.5 Å². The summed E-state index contributed by atoms with van der Waals surface area (Å²) in [6.07, 6.45) is 3.74. The molecular formula is C23H32N4O6S. The molecule has 3 unspecified atom stereocenters. The fourth-order valence-corrected chi connectivity index (χ4v) is 6.79. The third-order valence-corrected chi connectivity index (χ3v) is 8.65. The Bertz CT molecular complexity index is 1030. The summed E-state index contributed by atoms with van der Waals surface area (Å²) in [6, 6.07) is 1.58. The van der Waals surface area contributed by atoms with Crippen LogP contribution < -0.4 is 0 Å². The smallest absolute Gasteiger partial charge is 0.245 e. The second-order valence-electron chi connectivity index (χ2n) is 9.56. The molecule has 0 aliphatic carbocycles. The normalized spacial score (nSPS) is 24.5. The van der Waals surface area contributed by atoms with Gasteiger partial charge in [0.25, 0.3) is 0 Å². The molecule has 1 aromatic rings. The zero-order chi connectivity index (χ0) is 24.5. The Morgan fingerprint density at radius 2 is 1.94 bits per heavy atom. The molecule has 0 N–H and O–H groups in total. The SMILES string of the molecule is CC(C)CC(CC(=O)N1CCOCC1)C(=O)N1CCC2C1C(=O)CN2S(=O)(=O)c1cccnc1. The number of morpholine rings is 1. The number of fused-ring (bicyclic) bond motifs is 1. The van der Waals surface area contributed by atoms with E-state index in [1.54, 1.807) is 4.90 Å². The highest BCUT2D eigenvalue weighted by atomic mass is 32.2. The van der Waals surface area contributed by atoms with Gasteiger partial charge in [0, 0.05) is 44.4 Å². The number of amides is 2. The number of ketones is 1. The van der Waals surface area contributed by atoms with E-state index in [1.165, 1.54) is 33.7 Å². The number of likely N-dealkylation sites (tertiary alicyclic amines) is 1. The molecule has 186 valence electrons. The van der Waals surface area contributed by atoms with E-state index in [9.17, 15) is 22.8 Å². The fourth-order valence-electron chi connectivity index (χ4n) is 5.20. The number of sulfonamides is 1. The Balaban J connectivity index is 1.51.